The fourth-order valence-electron chi connectivity index (χ4n) is 3.67. The molecule has 0 radical (unpaired) electrons. The Bertz CT molecular complexity index is 310. The van der Waals surface area contributed by atoms with Crippen LogP contribution in [0.1, 0.15) is 19.3 Å². The van der Waals surface area contributed by atoms with Gasteiger partial charge < -0.3 is 19.3 Å². The third kappa shape index (κ3) is 1.77. The number of esters is 1. The zero-order valence-corrected chi connectivity index (χ0v) is 9.76. The first-order valence-electron chi connectivity index (χ1n) is 6.30. The van der Waals surface area contributed by atoms with Crippen LogP contribution in [0.2, 0.25) is 0 Å². The van der Waals surface area contributed by atoms with Gasteiger partial charge in [-0.3, -0.25) is 4.79 Å². The van der Waals surface area contributed by atoms with Crippen molar-refractivity contribution in [3.63, 3.8) is 0 Å². The molecule has 2 bridgehead atoms. The standard InChI is InChI=1S/C12H18O5/c13-1-2-15-11(14)9-5-8-6-10(9)12(7-8)16-3-4-17-12/h8-10,13H,1-7H2/t8-,9-,10+/m1/s1. The van der Waals surface area contributed by atoms with E-state index in [0.29, 0.717) is 19.1 Å². The van der Waals surface area contributed by atoms with E-state index in [1.807, 2.05) is 0 Å². The molecule has 5 heteroatoms. The van der Waals surface area contributed by atoms with E-state index in [9.17, 15) is 4.79 Å². The van der Waals surface area contributed by atoms with Crippen LogP contribution >= 0.6 is 0 Å². The third-order valence-corrected chi connectivity index (χ3v) is 4.21. The Morgan fingerprint density at radius 2 is 2.12 bits per heavy atom. The van der Waals surface area contributed by atoms with E-state index in [1.54, 1.807) is 0 Å². The highest BCUT2D eigenvalue weighted by Crippen LogP contribution is 2.57. The van der Waals surface area contributed by atoms with Crippen molar-refractivity contribution in [3.8, 4) is 0 Å². The number of ether oxygens (including phenoxy) is 3. The molecule has 17 heavy (non-hydrogen) atoms. The van der Waals surface area contributed by atoms with E-state index >= 15 is 0 Å². The van der Waals surface area contributed by atoms with Gasteiger partial charge in [0.25, 0.3) is 0 Å². The fourth-order valence-corrected chi connectivity index (χ4v) is 3.67. The van der Waals surface area contributed by atoms with Crippen molar-refractivity contribution in [1.29, 1.82) is 0 Å². The summed E-state index contributed by atoms with van der Waals surface area (Å²) in [6.45, 7) is 1.22. The molecule has 96 valence electrons. The van der Waals surface area contributed by atoms with Gasteiger partial charge in [0, 0.05) is 12.3 Å². The van der Waals surface area contributed by atoms with Crippen molar-refractivity contribution in [2.24, 2.45) is 17.8 Å². The molecule has 2 saturated carbocycles. The number of aliphatic hydroxyl groups excluding tert-OH is 1. The summed E-state index contributed by atoms with van der Waals surface area (Å²) in [5, 5.41) is 8.67. The molecule has 5 nitrogen and oxygen atoms in total. The Morgan fingerprint density at radius 1 is 1.35 bits per heavy atom. The maximum atomic E-state index is 11.9. The van der Waals surface area contributed by atoms with Gasteiger partial charge in [-0.15, -0.1) is 0 Å². The predicted octanol–water partition coefficient (Wildman–Crippen LogP) is 0.311. The lowest BCUT2D eigenvalue weighted by atomic mass is 9.84. The van der Waals surface area contributed by atoms with Gasteiger partial charge in [-0.2, -0.15) is 0 Å². The molecule has 1 N–H and O–H groups in total. The Labute approximate surface area is 100 Å². The zero-order chi connectivity index (χ0) is 11.9. The van der Waals surface area contributed by atoms with Crippen LogP contribution in [0.4, 0.5) is 0 Å². The second-order valence-corrected chi connectivity index (χ2v) is 5.15. The molecular weight excluding hydrogens is 224 g/mol. The SMILES string of the molecule is O=C(OCCO)[C@@H]1C[C@@H]2C[C@@H]1C1(C2)OCCO1. The van der Waals surface area contributed by atoms with Crippen LogP contribution in [0.15, 0.2) is 0 Å². The van der Waals surface area contributed by atoms with Crippen LogP contribution < -0.4 is 0 Å². The number of rotatable bonds is 3. The molecule has 0 aromatic heterocycles. The minimum Gasteiger partial charge on any atom is -0.463 e. The molecule has 1 aliphatic heterocycles. The highest BCUT2D eigenvalue weighted by molar-refractivity contribution is 5.73. The summed E-state index contributed by atoms with van der Waals surface area (Å²) in [5.41, 5.74) is 0. The van der Waals surface area contributed by atoms with Gasteiger partial charge in [-0.05, 0) is 18.8 Å². The minimum atomic E-state index is -0.508. The zero-order valence-electron chi connectivity index (χ0n) is 9.76. The third-order valence-electron chi connectivity index (χ3n) is 4.21. The van der Waals surface area contributed by atoms with Crippen LogP contribution in [0.25, 0.3) is 0 Å². The molecule has 1 saturated heterocycles. The van der Waals surface area contributed by atoms with E-state index in [-0.39, 0.29) is 31.0 Å². The second kappa shape index (κ2) is 4.23. The monoisotopic (exact) mass is 242 g/mol. The first-order valence-corrected chi connectivity index (χ1v) is 6.30. The number of fused-ring (bicyclic) bond motifs is 3. The molecule has 0 amide bonds. The van der Waals surface area contributed by atoms with E-state index < -0.39 is 5.79 Å². The topological polar surface area (TPSA) is 65.0 Å². The summed E-state index contributed by atoms with van der Waals surface area (Å²) in [5.74, 6) is -0.166. The summed E-state index contributed by atoms with van der Waals surface area (Å²) in [6.07, 6.45) is 2.80. The lowest BCUT2D eigenvalue weighted by molar-refractivity contribution is -0.208. The molecule has 3 atom stereocenters. The summed E-state index contributed by atoms with van der Waals surface area (Å²) in [4.78, 5) is 11.9. The van der Waals surface area contributed by atoms with E-state index in [0.717, 1.165) is 19.3 Å². The molecule has 3 fully saturated rings. The van der Waals surface area contributed by atoms with E-state index in [2.05, 4.69) is 0 Å². The average Bonchev–Trinajstić information content (AvgIpc) is 3.01. The Balaban J connectivity index is 1.69. The smallest absolute Gasteiger partial charge is 0.309 e. The molecule has 1 spiro atoms. The molecule has 0 aromatic carbocycles. The van der Waals surface area contributed by atoms with Gasteiger partial charge >= 0.3 is 5.97 Å². The van der Waals surface area contributed by atoms with Gasteiger partial charge in [0.1, 0.15) is 6.61 Å². The van der Waals surface area contributed by atoms with E-state index in [1.165, 1.54) is 0 Å². The number of carbonyl (C=O) groups is 1. The van der Waals surface area contributed by atoms with Gasteiger partial charge in [-0.1, -0.05) is 0 Å². The molecular formula is C12H18O5. The second-order valence-electron chi connectivity index (χ2n) is 5.15. The molecule has 3 rings (SSSR count). The molecule has 3 aliphatic rings. The van der Waals surface area contributed by atoms with Gasteiger partial charge in [0.2, 0.25) is 0 Å². The van der Waals surface area contributed by atoms with Crippen LogP contribution in [-0.4, -0.2) is 43.3 Å². The molecule has 0 aromatic rings. The minimum absolute atomic E-state index is 0.0848. The summed E-state index contributed by atoms with van der Waals surface area (Å²) >= 11 is 0. The molecule has 1 heterocycles. The van der Waals surface area contributed by atoms with Crippen LogP contribution in [-0.2, 0) is 19.0 Å². The van der Waals surface area contributed by atoms with Crippen LogP contribution in [0, 0.1) is 17.8 Å². The summed E-state index contributed by atoms with van der Waals surface area (Å²) < 4.78 is 16.5. The van der Waals surface area contributed by atoms with Crippen LogP contribution in [0.3, 0.4) is 0 Å². The lowest BCUT2D eigenvalue weighted by Crippen LogP contribution is -2.43. The largest absolute Gasteiger partial charge is 0.463 e. The predicted molar refractivity (Wildman–Crippen MR) is 57.0 cm³/mol. The van der Waals surface area contributed by atoms with Crippen molar-refractivity contribution < 1.29 is 24.1 Å². The van der Waals surface area contributed by atoms with Crippen molar-refractivity contribution in [2.75, 3.05) is 26.4 Å². The van der Waals surface area contributed by atoms with Crippen molar-refractivity contribution >= 4 is 5.97 Å². The normalized spacial score (nSPS) is 37.8. The summed E-state index contributed by atoms with van der Waals surface area (Å²) in [6, 6.07) is 0. The number of hydrogen-bond donors (Lipinski definition) is 1. The van der Waals surface area contributed by atoms with Crippen molar-refractivity contribution in [3.05, 3.63) is 0 Å². The number of aliphatic hydroxyl groups is 1. The van der Waals surface area contributed by atoms with Crippen molar-refractivity contribution in [2.45, 2.75) is 25.0 Å². The molecule has 0 unspecified atom stereocenters. The summed E-state index contributed by atoms with van der Waals surface area (Å²) in [7, 11) is 0. The highest BCUT2D eigenvalue weighted by Gasteiger charge is 2.61. The Morgan fingerprint density at radius 3 is 2.76 bits per heavy atom. The lowest BCUT2D eigenvalue weighted by Gasteiger charge is -2.35. The van der Waals surface area contributed by atoms with Crippen molar-refractivity contribution in [1.82, 2.24) is 0 Å². The van der Waals surface area contributed by atoms with Gasteiger partial charge in [0.15, 0.2) is 5.79 Å². The van der Waals surface area contributed by atoms with Crippen LogP contribution in [0.5, 0.6) is 0 Å². The van der Waals surface area contributed by atoms with Gasteiger partial charge in [-0.25, -0.2) is 0 Å². The Hall–Kier alpha value is -0.650. The molecule has 2 aliphatic carbocycles. The number of hydrogen-bond acceptors (Lipinski definition) is 5. The maximum Gasteiger partial charge on any atom is 0.309 e. The maximum absolute atomic E-state index is 11.9. The van der Waals surface area contributed by atoms with E-state index in [4.69, 9.17) is 19.3 Å². The fraction of sp³-hybridized carbons (Fsp3) is 0.917. The average molecular weight is 242 g/mol. The Kier molecular flexibility index (Phi) is 2.84. The first kappa shape index (κ1) is 11.4. The quantitative estimate of drug-likeness (QED) is 0.722. The highest BCUT2D eigenvalue weighted by atomic mass is 16.7. The first-order chi connectivity index (χ1) is 8.25. The number of carbonyl (C=O) groups excluding carboxylic acids is 1. The van der Waals surface area contributed by atoms with Gasteiger partial charge in [0.05, 0.1) is 25.7 Å².